The average Bonchev–Trinajstić information content (AvgIpc) is 2.65. The summed E-state index contributed by atoms with van der Waals surface area (Å²) in [4.78, 5) is 2.93. The lowest BCUT2D eigenvalue weighted by atomic mass is 9.89. The fourth-order valence-corrected chi connectivity index (χ4v) is 2.86. The van der Waals surface area contributed by atoms with Gasteiger partial charge < -0.3 is 0 Å². The molecule has 0 aliphatic carbocycles. The summed E-state index contributed by atoms with van der Waals surface area (Å²) < 4.78 is 0. The Morgan fingerprint density at radius 2 is 2.14 bits per heavy atom. The first-order valence-electron chi connectivity index (χ1n) is 4.90. The van der Waals surface area contributed by atoms with Crippen molar-refractivity contribution < 1.29 is 0 Å². The van der Waals surface area contributed by atoms with Gasteiger partial charge in [0.2, 0.25) is 0 Å². The summed E-state index contributed by atoms with van der Waals surface area (Å²) in [5.41, 5.74) is 0.190. The third-order valence-electron chi connectivity index (χ3n) is 2.44. The van der Waals surface area contributed by atoms with Gasteiger partial charge in [-0.3, -0.25) is 0 Å². The molecule has 2 heteroatoms. The van der Waals surface area contributed by atoms with Gasteiger partial charge in [-0.25, -0.2) is 0 Å². The van der Waals surface area contributed by atoms with Crippen LogP contribution < -0.4 is 0 Å². The Bertz CT molecular complexity index is 303. The van der Waals surface area contributed by atoms with Gasteiger partial charge in [-0.05, 0) is 30.4 Å². The first-order valence-corrected chi connectivity index (χ1v) is 6.84. The second-order valence-electron chi connectivity index (χ2n) is 3.89. The number of allylic oxidation sites excluding steroid dienone is 1. The molecule has 0 saturated carbocycles. The second kappa shape index (κ2) is 5.13. The highest BCUT2D eigenvalue weighted by Crippen LogP contribution is 2.29. The predicted octanol–water partition coefficient (Wildman–Crippen LogP) is 4.44. The number of alkyl halides is 1. The molecule has 0 amide bonds. The molecule has 1 unspecified atom stereocenters. The molecule has 0 saturated heterocycles. The molecule has 0 fully saturated rings. The molecule has 1 heterocycles. The largest absolute Gasteiger partial charge is 0.145 e. The van der Waals surface area contributed by atoms with Gasteiger partial charge in [0.05, 0.1) is 0 Å². The Morgan fingerprint density at radius 1 is 1.50 bits per heavy atom. The van der Waals surface area contributed by atoms with E-state index in [1.54, 1.807) is 0 Å². The molecular weight excluding hydrogens is 256 g/mol. The molecule has 0 aromatic carbocycles. The van der Waals surface area contributed by atoms with Crippen LogP contribution in [-0.4, -0.2) is 5.33 Å². The monoisotopic (exact) mass is 272 g/mol. The summed E-state index contributed by atoms with van der Waals surface area (Å²) in [5.74, 6) is 0. The lowest BCUT2D eigenvalue weighted by Gasteiger charge is -2.21. The molecule has 0 radical (unpaired) electrons. The summed E-state index contributed by atoms with van der Waals surface area (Å²) >= 11 is 5.47. The van der Waals surface area contributed by atoms with E-state index in [2.05, 4.69) is 48.5 Å². The van der Waals surface area contributed by atoms with Gasteiger partial charge in [0, 0.05) is 15.1 Å². The van der Waals surface area contributed by atoms with E-state index in [9.17, 15) is 0 Å². The fraction of sp³-hybridized carbons (Fsp3) is 0.500. The molecular formula is C12H17BrS. The number of aryl methyl sites for hydroxylation is 1. The summed E-state index contributed by atoms with van der Waals surface area (Å²) in [7, 11) is 0. The van der Waals surface area contributed by atoms with Crippen LogP contribution in [0.25, 0.3) is 0 Å². The van der Waals surface area contributed by atoms with Crippen molar-refractivity contribution in [2.45, 2.75) is 26.7 Å². The van der Waals surface area contributed by atoms with E-state index in [1.165, 1.54) is 9.75 Å². The van der Waals surface area contributed by atoms with Crippen molar-refractivity contribution in [3.63, 3.8) is 0 Å². The van der Waals surface area contributed by atoms with Crippen molar-refractivity contribution >= 4 is 27.3 Å². The minimum absolute atomic E-state index is 0.190. The maximum atomic E-state index is 3.90. The average molecular weight is 273 g/mol. The molecule has 0 spiro atoms. The first kappa shape index (κ1) is 12.0. The van der Waals surface area contributed by atoms with Crippen molar-refractivity contribution in [2.75, 3.05) is 5.33 Å². The van der Waals surface area contributed by atoms with Crippen LogP contribution in [0.3, 0.4) is 0 Å². The van der Waals surface area contributed by atoms with Gasteiger partial charge in [0.1, 0.15) is 0 Å². The summed E-state index contributed by atoms with van der Waals surface area (Å²) in [6.45, 7) is 8.34. The van der Waals surface area contributed by atoms with E-state index in [-0.39, 0.29) is 5.41 Å². The Balaban J connectivity index is 2.72. The maximum absolute atomic E-state index is 3.90. The zero-order valence-electron chi connectivity index (χ0n) is 8.85. The molecule has 0 aliphatic rings. The number of rotatable bonds is 5. The van der Waals surface area contributed by atoms with E-state index in [1.807, 2.05) is 17.4 Å². The van der Waals surface area contributed by atoms with Crippen molar-refractivity contribution in [1.82, 2.24) is 0 Å². The molecule has 1 aromatic rings. The third-order valence-corrected chi connectivity index (χ3v) is 4.95. The van der Waals surface area contributed by atoms with Crippen molar-refractivity contribution in [3.05, 3.63) is 34.5 Å². The van der Waals surface area contributed by atoms with Crippen LogP contribution in [0, 0.1) is 5.41 Å². The van der Waals surface area contributed by atoms with Gasteiger partial charge in [0.25, 0.3) is 0 Å². The normalized spacial score (nSPS) is 15.1. The van der Waals surface area contributed by atoms with E-state index in [0.717, 1.165) is 18.2 Å². The number of hydrogen-bond acceptors (Lipinski definition) is 1. The second-order valence-corrected chi connectivity index (χ2v) is 5.70. The molecule has 0 aliphatic heterocycles. The fourth-order valence-electron chi connectivity index (χ4n) is 1.28. The highest BCUT2D eigenvalue weighted by atomic mass is 79.9. The standard InChI is InChI=1S/C12H17BrS/c1-4-10-6-7-11(14-10)8-12(3,5-2)9-13/h5-7H,2,4,8-9H2,1,3H3. The van der Waals surface area contributed by atoms with E-state index >= 15 is 0 Å². The van der Waals surface area contributed by atoms with Gasteiger partial charge >= 0.3 is 0 Å². The van der Waals surface area contributed by atoms with Crippen molar-refractivity contribution in [2.24, 2.45) is 5.41 Å². The van der Waals surface area contributed by atoms with Gasteiger partial charge in [0.15, 0.2) is 0 Å². The SMILES string of the molecule is C=CC(C)(CBr)Cc1ccc(CC)s1. The van der Waals surface area contributed by atoms with Crippen molar-refractivity contribution in [1.29, 1.82) is 0 Å². The molecule has 0 bridgehead atoms. The Labute approximate surface area is 99.2 Å². The van der Waals surface area contributed by atoms with Crippen molar-refractivity contribution in [3.8, 4) is 0 Å². The van der Waals surface area contributed by atoms with E-state index in [4.69, 9.17) is 0 Å². The van der Waals surface area contributed by atoms with E-state index in [0.29, 0.717) is 0 Å². The lowest BCUT2D eigenvalue weighted by molar-refractivity contribution is 0.498. The van der Waals surface area contributed by atoms with Crippen LogP contribution in [0.5, 0.6) is 0 Å². The van der Waals surface area contributed by atoms with Gasteiger partial charge in [-0.2, -0.15) is 0 Å². The van der Waals surface area contributed by atoms with Gasteiger partial charge in [-0.15, -0.1) is 17.9 Å². The molecule has 1 aromatic heterocycles. The predicted molar refractivity (Wildman–Crippen MR) is 69.5 cm³/mol. The molecule has 0 nitrogen and oxygen atoms in total. The quantitative estimate of drug-likeness (QED) is 0.549. The smallest absolute Gasteiger partial charge is 0.0123 e. The number of hydrogen-bond donors (Lipinski definition) is 0. The van der Waals surface area contributed by atoms with Crippen LogP contribution in [0.4, 0.5) is 0 Å². The first-order chi connectivity index (χ1) is 6.63. The summed E-state index contributed by atoms with van der Waals surface area (Å²) in [5, 5.41) is 0.975. The number of thiophene rings is 1. The highest BCUT2D eigenvalue weighted by Gasteiger charge is 2.19. The topological polar surface area (TPSA) is 0 Å². The zero-order valence-corrected chi connectivity index (χ0v) is 11.2. The Morgan fingerprint density at radius 3 is 2.57 bits per heavy atom. The Kier molecular flexibility index (Phi) is 4.39. The maximum Gasteiger partial charge on any atom is 0.0123 e. The summed E-state index contributed by atoms with van der Waals surface area (Å²) in [6, 6.07) is 4.48. The minimum Gasteiger partial charge on any atom is -0.145 e. The molecule has 14 heavy (non-hydrogen) atoms. The van der Waals surface area contributed by atoms with Crippen LogP contribution in [0.15, 0.2) is 24.8 Å². The van der Waals surface area contributed by atoms with Crippen LogP contribution >= 0.6 is 27.3 Å². The summed E-state index contributed by atoms with van der Waals surface area (Å²) in [6.07, 6.45) is 4.28. The molecule has 1 atom stereocenters. The van der Waals surface area contributed by atoms with Crippen LogP contribution in [0.2, 0.25) is 0 Å². The highest BCUT2D eigenvalue weighted by molar-refractivity contribution is 9.09. The zero-order chi connectivity index (χ0) is 10.6. The molecule has 0 N–H and O–H groups in total. The van der Waals surface area contributed by atoms with Crippen LogP contribution in [0.1, 0.15) is 23.6 Å². The van der Waals surface area contributed by atoms with E-state index < -0.39 is 0 Å². The number of halogens is 1. The lowest BCUT2D eigenvalue weighted by Crippen LogP contribution is -2.17. The minimum atomic E-state index is 0.190. The Hall–Kier alpha value is -0.0800. The van der Waals surface area contributed by atoms with Crippen LogP contribution in [-0.2, 0) is 12.8 Å². The molecule has 1 rings (SSSR count). The molecule has 78 valence electrons. The third kappa shape index (κ3) is 2.96. The van der Waals surface area contributed by atoms with Gasteiger partial charge in [-0.1, -0.05) is 35.9 Å².